The van der Waals surface area contributed by atoms with E-state index in [0.29, 0.717) is 6.42 Å². The SMILES string of the molecule is CCc1cc(S(=O)(=O)Cl)c(C#N)cc1CCl. The lowest BCUT2D eigenvalue weighted by atomic mass is 10.0. The van der Waals surface area contributed by atoms with Crippen molar-refractivity contribution in [1.82, 2.24) is 0 Å². The molecule has 0 saturated heterocycles. The Hall–Kier alpha value is -0.760. The molecule has 0 atom stereocenters. The van der Waals surface area contributed by atoms with E-state index in [9.17, 15) is 8.42 Å². The molecule has 0 N–H and O–H groups in total. The number of aryl methyl sites for hydroxylation is 1. The van der Waals surface area contributed by atoms with Crippen LogP contribution in [0.4, 0.5) is 0 Å². The van der Waals surface area contributed by atoms with E-state index >= 15 is 0 Å². The van der Waals surface area contributed by atoms with Crippen molar-refractivity contribution >= 4 is 31.3 Å². The number of hydrogen-bond acceptors (Lipinski definition) is 3. The first-order chi connectivity index (χ1) is 7.43. The smallest absolute Gasteiger partial charge is 0.207 e. The molecule has 0 aliphatic heterocycles. The quantitative estimate of drug-likeness (QED) is 0.631. The number of alkyl halides is 1. The van der Waals surface area contributed by atoms with Crippen LogP contribution in [0.2, 0.25) is 0 Å². The number of hydrogen-bond donors (Lipinski definition) is 0. The molecule has 0 spiro atoms. The fraction of sp³-hybridized carbons (Fsp3) is 0.300. The van der Waals surface area contributed by atoms with Crippen LogP contribution in [-0.4, -0.2) is 8.42 Å². The van der Waals surface area contributed by atoms with Gasteiger partial charge in [0, 0.05) is 16.6 Å². The van der Waals surface area contributed by atoms with Crippen LogP contribution in [0.3, 0.4) is 0 Å². The Bertz CT molecular complexity index is 547. The highest BCUT2D eigenvalue weighted by Gasteiger charge is 2.18. The van der Waals surface area contributed by atoms with Gasteiger partial charge in [-0.3, -0.25) is 0 Å². The summed E-state index contributed by atoms with van der Waals surface area (Å²) in [5.74, 6) is 0.237. The minimum absolute atomic E-state index is 0.0304. The van der Waals surface area contributed by atoms with Crippen LogP contribution in [0.1, 0.15) is 23.6 Å². The first kappa shape index (κ1) is 13.3. The highest BCUT2D eigenvalue weighted by atomic mass is 35.7. The zero-order valence-electron chi connectivity index (χ0n) is 8.50. The van der Waals surface area contributed by atoms with Crippen LogP contribution in [0.25, 0.3) is 0 Å². The average molecular weight is 278 g/mol. The van der Waals surface area contributed by atoms with Crippen molar-refractivity contribution in [3.63, 3.8) is 0 Å². The van der Waals surface area contributed by atoms with E-state index in [0.717, 1.165) is 11.1 Å². The third-order valence-corrected chi connectivity index (χ3v) is 3.86. The maximum absolute atomic E-state index is 11.3. The summed E-state index contributed by atoms with van der Waals surface area (Å²) in [7, 11) is 1.36. The summed E-state index contributed by atoms with van der Waals surface area (Å²) in [5.41, 5.74) is 1.57. The van der Waals surface area contributed by atoms with Gasteiger partial charge in [-0.15, -0.1) is 11.6 Å². The van der Waals surface area contributed by atoms with E-state index in [-0.39, 0.29) is 16.3 Å². The molecule has 0 unspecified atom stereocenters. The van der Waals surface area contributed by atoms with Crippen molar-refractivity contribution in [2.75, 3.05) is 0 Å². The number of halogens is 2. The summed E-state index contributed by atoms with van der Waals surface area (Å²) in [6.07, 6.45) is 0.632. The molecule has 0 aliphatic carbocycles. The summed E-state index contributed by atoms with van der Waals surface area (Å²) in [5, 5.41) is 8.85. The molecule has 6 heteroatoms. The topological polar surface area (TPSA) is 57.9 Å². The second-order valence-corrected chi connectivity index (χ2v) is 5.96. The summed E-state index contributed by atoms with van der Waals surface area (Å²) in [6, 6.07) is 4.69. The molecule has 1 rings (SSSR count). The third kappa shape index (κ3) is 2.67. The molecule has 0 radical (unpaired) electrons. The molecule has 0 amide bonds. The summed E-state index contributed by atoms with van der Waals surface area (Å²) < 4.78 is 22.5. The van der Waals surface area contributed by atoms with Gasteiger partial charge in [-0.1, -0.05) is 6.92 Å². The van der Waals surface area contributed by atoms with E-state index in [1.165, 1.54) is 12.1 Å². The lowest BCUT2D eigenvalue weighted by Gasteiger charge is -2.08. The lowest BCUT2D eigenvalue weighted by molar-refractivity contribution is 0.609. The fourth-order valence-electron chi connectivity index (χ4n) is 1.41. The minimum atomic E-state index is -3.90. The number of benzene rings is 1. The minimum Gasteiger partial charge on any atom is -0.207 e. The second kappa shape index (κ2) is 5.05. The molecule has 0 saturated carbocycles. The van der Waals surface area contributed by atoms with Gasteiger partial charge in [0.1, 0.15) is 11.0 Å². The van der Waals surface area contributed by atoms with Crippen molar-refractivity contribution < 1.29 is 8.42 Å². The molecule has 1 aromatic rings. The zero-order valence-corrected chi connectivity index (χ0v) is 10.8. The van der Waals surface area contributed by atoms with Crippen molar-refractivity contribution in [3.05, 3.63) is 28.8 Å². The molecule has 0 aliphatic rings. The van der Waals surface area contributed by atoms with Gasteiger partial charge in [0.2, 0.25) is 0 Å². The van der Waals surface area contributed by atoms with Crippen LogP contribution in [0.5, 0.6) is 0 Å². The molecular weight excluding hydrogens is 269 g/mol. The highest BCUT2D eigenvalue weighted by Crippen LogP contribution is 2.25. The summed E-state index contributed by atoms with van der Waals surface area (Å²) in [6.45, 7) is 1.88. The van der Waals surface area contributed by atoms with Gasteiger partial charge >= 0.3 is 0 Å². The van der Waals surface area contributed by atoms with Crippen molar-refractivity contribution in [2.24, 2.45) is 0 Å². The van der Waals surface area contributed by atoms with E-state index in [1.54, 1.807) is 6.07 Å². The predicted octanol–water partition coefficient (Wildman–Crippen LogP) is 2.79. The fourth-order valence-corrected chi connectivity index (χ4v) is 2.69. The molecular formula is C10H9Cl2NO2S. The molecule has 0 fully saturated rings. The standard InChI is InChI=1S/C10H9Cl2NO2S/c1-2-7-4-10(16(12,14)15)9(6-13)3-8(7)5-11/h3-4H,2,5H2,1H3. The van der Waals surface area contributed by atoms with Crippen LogP contribution < -0.4 is 0 Å². The summed E-state index contributed by atoms with van der Waals surface area (Å²) >= 11 is 5.71. The Balaban J connectivity index is 3.58. The molecule has 1 aromatic carbocycles. The van der Waals surface area contributed by atoms with Crippen LogP contribution in [0, 0.1) is 11.3 Å². The predicted molar refractivity (Wildman–Crippen MR) is 63.1 cm³/mol. The van der Waals surface area contributed by atoms with E-state index in [1.807, 2.05) is 6.92 Å². The maximum atomic E-state index is 11.3. The van der Waals surface area contributed by atoms with Gasteiger partial charge < -0.3 is 0 Å². The molecule has 0 bridgehead atoms. The van der Waals surface area contributed by atoms with Crippen molar-refractivity contribution in [3.8, 4) is 6.07 Å². The second-order valence-electron chi connectivity index (χ2n) is 3.15. The third-order valence-electron chi connectivity index (χ3n) is 2.21. The van der Waals surface area contributed by atoms with Crippen LogP contribution >= 0.6 is 22.3 Å². The number of rotatable bonds is 3. The first-order valence-corrected chi connectivity index (χ1v) is 7.35. The normalized spacial score (nSPS) is 11.1. The van der Waals surface area contributed by atoms with Gasteiger partial charge in [0.05, 0.1) is 5.56 Å². The Labute approximate surface area is 104 Å². The van der Waals surface area contributed by atoms with E-state index < -0.39 is 9.05 Å². The van der Waals surface area contributed by atoms with Gasteiger partial charge in [0.25, 0.3) is 9.05 Å². The van der Waals surface area contributed by atoms with Gasteiger partial charge in [-0.25, -0.2) is 8.42 Å². The summed E-state index contributed by atoms with van der Waals surface area (Å²) in [4.78, 5) is -0.151. The molecule has 16 heavy (non-hydrogen) atoms. The maximum Gasteiger partial charge on any atom is 0.262 e. The van der Waals surface area contributed by atoms with Gasteiger partial charge in [-0.2, -0.15) is 5.26 Å². The Kier molecular flexibility index (Phi) is 4.20. The number of nitriles is 1. The van der Waals surface area contributed by atoms with Crippen molar-refractivity contribution in [1.29, 1.82) is 5.26 Å². The van der Waals surface area contributed by atoms with E-state index in [2.05, 4.69) is 0 Å². The lowest BCUT2D eigenvalue weighted by Crippen LogP contribution is -2.00. The average Bonchev–Trinajstić information content (AvgIpc) is 2.25. The monoisotopic (exact) mass is 277 g/mol. The largest absolute Gasteiger partial charge is 0.262 e. The molecule has 0 aromatic heterocycles. The molecule has 0 heterocycles. The van der Waals surface area contributed by atoms with Gasteiger partial charge in [-0.05, 0) is 29.7 Å². The van der Waals surface area contributed by atoms with E-state index in [4.69, 9.17) is 27.5 Å². The number of nitrogens with zero attached hydrogens (tertiary/aromatic N) is 1. The first-order valence-electron chi connectivity index (χ1n) is 4.50. The Morgan fingerprint density at radius 1 is 1.38 bits per heavy atom. The molecule has 3 nitrogen and oxygen atoms in total. The Morgan fingerprint density at radius 3 is 2.38 bits per heavy atom. The van der Waals surface area contributed by atoms with Gasteiger partial charge in [0.15, 0.2) is 0 Å². The zero-order chi connectivity index (χ0) is 12.3. The Morgan fingerprint density at radius 2 is 2.00 bits per heavy atom. The van der Waals surface area contributed by atoms with Crippen molar-refractivity contribution in [2.45, 2.75) is 24.1 Å². The van der Waals surface area contributed by atoms with Crippen LogP contribution in [0.15, 0.2) is 17.0 Å². The molecule has 86 valence electrons. The highest BCUT2D eigenvalue weighted by molar-refractivity contribution is 8.13. The van der Waals surface area contributed by atoms with Crippen LogP contribution in [-0.2, 0) is 21.4 Å².